The van der Waals surface area contributed by atoms with Crippen LogP contribution in [0.4, 0.5) is 0 Å². The van der Waals surface area contributed by atoms with Crippen molar-refractivity contribution >= 4 is 11.6 Å². The quantitative estimate of drug-likeness (QED) is 0.636. The van der Waals surface area contributed by atoms with Crippen molar-refractivity contribution in [2.24, 2.45) is 0 Å². The van der Waals surface area contributed by atoms with Gasteiger partial charge in [0.05, 0.1) is 18.0 Å². The van der Waals surface area contributed by atoms with Gasteiger partial charge in [-0.15, -0.1) is 0 Å². The molecule has 4 rings (SSSR count). The maximum absolute atomic E-state index is 6.10. The minimum atomic E-state index is -0.0105. The van der Waals surface area contributed by atoms with Crippen LogP contribution in [0.25, 0.3) is 11.1 Å². The molecule has 3 aromatic rings. The smallest absolute Gasteiger partial charge is 0.112 e. The van der Waals surface area contributed by atoms with Gasteiger partial charge >= 0.3 is 0 Å². The second kappa shape index (κ2) is 8.43. The van der Waals surface area contributed by atoms with Crippen molar-refractivity contribution < 1.29 is 4.74 Å². The van der Waals surface area contributed by atoms with E-state index in [1.807, 2.05) is 35.1 Å². The maximum Gasteiger partial charge on any atom is 0.112 e. The Balaban J connectivity index is 1.44. The van der Waals surface area contributed by atoms with Gasteiger partial charge in [-0.25, -0.2) is 0 Å². The van der Waals surface area contributed by atoms with E-state index in [9.17, 15) is 0 Å². The third-order valence-corrected chi connectivity index (χ3v) is 5.43. The summed E-state index contributed by atoms with van der Waals surface area (Å²) in [6.07, 6.45) is 4.04. The Hall–Kier alpha value is -2.21. The Labute approximate surface area is 170 Å². The van der Waals surface area contributed by atoms with Gasteiger partial charge in [-0.2, -0.15) is 5.10 Å². The second-order valence-corrected chi connectivity index (χ2v) is 7.61. The number of pyridine rings is 1. The summed E-state index contributed by atoms with van der Waals surface area (Å²) in [6.45, 7) is 8.45. The van der Waals surface area contributed by atoms with Gasteiger partial charge in [0.1, 0.15) is 6.10 Å². The number of benzene rings is 1. The molecule has 1 fully saturated rings. The highest BCUT2D eigenvalue weighted by atomic mass is 35.5. The molecule has 1 atom stereocenters. The van der Waals surface area contributed by atoms with Gasteiger partial charge < -0.3 is 4.74 Å². The van der Waals surface area contributed by atoms with E-state index in [0.717, 1.165) is 53.7 Å². The fourth-order valence-corrected chi connectivity index (χ4v) is 3.77. The number of rotatable bonds is 5. The predicted molar refractivity (Wildman–Crippen MR) is 111 cm³/mol. The molecule has 1 aromatic carbocycles. The van der Waals surface area contributed by atoms with Crippen LogP contribution in [-0.4, -0.2) is 39.4 Å². The molecule has 0 saturated carbocycles. The number of hydrogen-bond acceptors (Lipinski definition) is 4. The number of nitrogens with zero attached hydrogens (tertiary/aromatic N) is 4. The van der Waals surface area contributed by atoms with E-state index in [1.54, 1.807) is 0 Å². The lowest BCUT2D eigenvalue weighted by molar-refractivity contribution is -0.0350. The van der Waals surface area contributed by atoms with Crippen LogP contribution in [0.3, 0.4) is 0 Å². The Bertz CT molecular complexity index is 938. The topological polar surface area (TPSA) is 43.2 Å². The molecule has 1 aliphatic heterocycles. The molecular formula is C22H25ClN4O. The third-order valence-electron chi connectivity index (χ3n) is 5.19. The van der Waals surface area contributed by atoms with E-state index in [-0.39, 0.29) is 6.10 Å². The van der Waals surface area contributed by atoms with E-state index < -0.39 is 0 Å². The number of ether oxygens (including phenoxy) is 1. The van der Waals surface area contributed by atoms with Gasteiger partial charge in [-0.05, 0) is 37.6 Å². The SMILES string of the molecule is CCn1cc(CN2CCO[C@H](c3ccc(-c4cccc(Cl)c4)cn3)C2)c(C)n1. The average molecular weight is 397 g/mol. The molecule has 0 unspecified atom stereocenters. The normalized spacial score (nSPS) is 17.8. The van der Waals surface area contributed by atoms with Crippen LogP contribution < -0.4 is 0 Å². The summed E-state index contributed by atoms with van der Waals surface area (Å²) in [5, 5.41) is 5.28. The molecule has 0 radical (unpaired) electrons. The molecule has 0 spiro atoms. The molecule has 0 aliphatic carbocycles. The van der Waals surface area contributed by atoms with Crippen LogP contribution in [0.2, 0.25) is 5.02 Å². The first kappa shape index (κ1) is 19.1. The van der Waals surface area contributed by atoms with E-state index >= 15 is 0 Å². The highest BCUT2D eigenvalue weighted by Gasteiger charge is 2.24. The van der Waals surface area contributed by atoms with Crippen molar-refractivity contribution in [1.82, 2.24) is 19.7 Å². The largest absolute Gasteiger partial charge is 0.369 e. The number of aromatic nitrogens is 3. The zero-order valence-corrected chi connectivity index (χ0v) is 17.1. The fraction of sp³-hybridized carbons (Fsp3) is 0.364. The van der Waals surface area contributed by atoms with E-state index in [4.69, 9.17) is 16.3 Å². The van der Waals surface area contributed by atoms with Crippen LogP contribution in [-0.2, 0) is 17.8 Å². The van der Waals surface area contributed by atoms with E-state index in [0.29, 0.717) is 6.61 Å². The van der Waals surface area contributed by atoms with Gasteiger partial charge in [0, 0.05) is 54.7 Å². The minimum Gasteiger partial charge on any atom is -0.369 e. The minimum absolute atomic E-state index is 0.0105. The summed E-state index contributed by atoms with van der Waals surface area (Å²) in [7, 11) is 0. The molecule has 28 heavy (non-hydrogen) atoms. The lowest BCUT2D eigenvalue weighted by Gasteiger charge is -2.32. The predicted octanol–water partition coefficient (Wildman–Crippen LogP) is 4.50. The van der Waals surface area contributed by atoms with Gasteiger partial charge in [-0.3, -0.25) is 14.6 Å². The summed E-state index contributed by atoms with van der Waals surface area (Å²) in [5.41, 5.74) is 5.49. The number of morpholine rings is 1. The Morgan fingerprint density at radius 2 is 2.11 bits per heavy atom. The highest BCUT2D eigenvalue weighted by Crippen LogP contribution is 2.26. The van der Waals surface area contributed by atoms with Gasteiger partial charge in [0.15, 0.2) is 0 Å². The molecule has 1 saturated heterocycles. The molecule has 1 aliphatic rings. The van der Waals surface area contributed by atoms with Crippen molar-refractivity contribution in [2.75, 3.05) is 19.7 Å². The van der Waals surface area contributed by atoms with E-state index in [2.05, 4.69) is 47.2 Å². The number of halogens is 1. The monoisotopic (exact) mass is 396 g/mol. The summed E-state index contributed by atoms with van der Waals surface area (Å²) in [4.78, 5) is 7.09. The molecule has 2 aromatic heterocycles. The zero-order chi connectivity index (χ0) is 19.5. The van der Waals surface area contributed by atoms with Crippen molar-refractivity contribution in [3.63, 3.8) is 0 Å². The fourth-order valence-electron chi connectivity index (χ4n) is 3.58. The Morgan fingerprint density at radius 1 is 1.21 bits per heavy atom. The molecule has 6 heteroatoms. The zero-order valence-electron chi connectivity index (χ0n) is 16.3. The molecule has 0 amide bonds. The van der Waals surface area contributed by atoms with Crippen LogP contribution in [0.15, 0.2) is 48.8 Å². The first-order valence-corrected chi connectivity index (χ1v) is 10.1. The van der Waals surface area contributed by atoms with Crippen molar-refractivity contribution in [3.05, 3.63) is 70.8 Å². The molecule has 5 nitrogen and oxygen atoms in total. The Morgan fingerprint density at radius 3 is 2.82 bits per heavy atom. The summed E-state index contributed by atoms with van der Waals surface area (Å²) >= 11 is 6.10. The van der Waals surface area contributed by atoms with Crippen LogP contribution >= 0.6 is 11.6 Å². The number of aryl methyl sites for hydroxylation is 2. The van der Waals surface area contributed by atoms with E-state index in [1.165, 1.54) is 5.56 Å². The van der Waals surface area contributed by atoms with Crippen molar-refractivity contribution in [2.45, 2.75) is 33.0 Å². The number of hydrogen-bond donors (Lipinski definition) is 0. The molecule has 0 bridgehead atoms. The highest BCUT2D eigenvalue weighted by molar-refractivity contribution is 6.30. The van der Waals surface area contributed by atoms with Crippen LogP contribution in [0.1, 0.15) is 30.0 Å². The lowest BCUT2D eigenvalue weighted by Crippen LogP contribution is -2.38. The summed E-state index contributed by atoms with van der Waals surface area (Å²) < 4.78 is 8.01. The standard InChI is InChI=1S/C22H25ClN4O/c1-3-27-14-19(16(2)25-27)13-26-9-10-28-22(15-26)21-8-7-18(12-24-21)17-5-4-6-20(23)11-17/h4-8,11-12,14,22H,3,9-10,13,15H2,1-2H3/t22-/m0/s1. The van der Waals surface area contributed by atoms with Crippen LogP contribution in [0, 0.1) is 6.92 Å². The molecular weight excluding hydrogens is 372 g/mol. The first-order chi connectivity index (χ1) is 13.6. The summed E-state index contributed by atoms with van der Waals surface area (Å²) in [5.74, 6) is 0. The van der Waals surface area contributed by atoms with Crippen molar-refractivity contribution in [1.29, 1.82) is 0 Å². The van der Waals surface area contributed by atoms with Gasteiger partial charge in [0.2, 0.25) is 0 Å². The van der Waals surface area contributed by atoms with Gasteiger partial charge in [-0.1, -0.05) is 29.8 Å². The van der Waals surface area contributed by atoms with Gasteiger partial charge in [0.25, 0.3) is 0 Å². The first-order valence-electron chi connectivity index (χ1n) is 9.71. The molecule has 3 heterocycles. The lowest BCUT2D eigenvalue weighted by atomic mass is 10.1. The second-order valence-electron chi connectivity index (χ2n) is 7.17. The third kappa shape index (κ3) is 4.27. The Kier molecular flexibility index (Phi) is 5.76. The van der Waals surface area contributed by atoms with Crippen molar-refractivity contribution in [3.8, 4) is 11.1 Å². The van der Waals surface area contributed by atoms with Crippen LogP contribution in [0.5, 0.6) is 0 Å². The maximum atomic E-state index is 6.10. The summed E-state index contributed by atoms with van der Waals surface area (Å²) in [6, 6.07) is 12.0. The average Bonchev–Trinajstić information content (AvgIpc) is 3.08. The molecule has 0 N–H and O–H groups in total. The molecule has 146 valence electrons.